The van der Waals surface area contributed by atoms with Crippen LogP contribution < -0.4 is 0 Å². The first-order valence-electron chi connectivity index (χ1n) is 7.40. The van der Waals surface area contributed by atoms with Gasteiger partial charge in [0.1, 0.15) is 0 Å². The number of carbonyl (C=O) groups excluding carboxylic acids is 1. The lowest BCUT2D eigenvalue weighted by Gasteiger charge is -2.22. The predicted octanol–water partition coefficient (Wildman–Crippen LogP) is 4.51. The van der Waals surface area contributed by atoms with Gasteiger partial charge in [0.2, 0.25) is 0 Å². The maximum Gasteiger partial charge on any atom is 0.258 e. The average Bonchev–Trinajstić information content (AvgIpc) is 2.53. The van der Waals surface area contributed by atoms with E-state index in [0.29, 0.717) is 18.0 Å². The van der Waals surface area contributed by atoms with Crippen molar-refractivity contribution in [2.45, 2.75) is 38.0 Å². The van der Waals surface area contributed by atoms with Crippen molar-refractivity contribution >= 4 is 5.91 Å². The van der Waals surface area contributed by atoms with Crippen LogP contribution in [-0.2, 0) is 0 Å². The summed E-state index contributed by atoms with van der Waals surface area (Å²) >= 11 is 0. The summed E-state index contributed by atoms with van der Waals surface area (Å²) in [5, 5.41) is 0. The first-order valence-corrected chi connectivity index (χ1v) is 7.40. The third-order valence-electron chi connectivity index (χ3n) is 4.04. The van der Waals surface area contributed by atoms with E-state index < -0.39 is 0 Å². The number of benzene rings is 1. The Kier molecular flexibility index (Phi) is 5.16. The van der Waals surface area contributed by atoms with Gasteiger partial charge in [-0.15, -0.1) is 6.58 Å². The zero-order valence-electron chi connectivity index (χ0n) is 12.1. The van der Waals surface area contributed by atoms with Crippen molar-refractivity contribution in [3.05, 3.63) is 60.8 Å². The maximum absolute atomic E-state index is 12.3. The van der Waals surface area contributed by atoms with Gasteiger partial charge >= 0.3 is 0 Å². The Morgan fingerprint density at radius 1 is 1.15 bits per heavy atom. The third-order valence-corrected chi connectivity index (χ3v) is 4.04. The SMILES string of the molecule is C=CCN(C=C)C(=O)c1ccc(C2CCCCC2)cc1. The second-order valence-electron chi connectivity index (χ2n) is 5.39. The molecule has 1 amide bonds. The molecule has 0 bridgehead atoms. The molecule has 1 fully saturated rings. The molecule has 20 heavy (non-hydrogen) atoms. The molecule has 1 aliphatic rings. The van der Waals surface area contributed by atoms with E-state index in [9.17, 15) is 4.79 Å². The fourth-order valence-electron chi connectivity index (χ4n) is 2.88. The second-order valence-corrected chi connectivity index (χ2v) is 5.39. The van der Waals surface area contributed by atoms with Gasteiger partial charge in [0.25, 0.3) is 5.91 Å². The molecule has 0 saturated heterocycles. The number of rotatable bonds is 5. The minimum absolute atomic E-state index is 0.0184. The minimum atomic E-state index is -0.0184. The molecule has 1 aliphatic carbocycles. The first-order chi connectivity index (χ1) is 9.76. The molecule has 0 N–H and O–H groups in total. The van der Waals surface area contributed by atoms with Crippen LogP contribution in [0.4, 0.5) is 0 Å². The molecule has 2 nitrogen and oxygen atoms in total. The Labute approximate surface area is 121 Å². The van der Waals surface area contributed by atoms with Crippen LogP contribution in [0.25, 0.3) is 0 Å². The van der Waals surface area contributed by atoms with E-state index in [1.165, 1.54) is 37.7 Å². The van der Waals surface area contributed by atoms with Gasteiger partial charge in [-0.2, -0.15) is 0 Å². The largest absolute Gasteiger partial charge is 0.312 e. The highest BCUT2D eigenvalue weighted by atomic mass is 16.2. The van der Waals surface area contributed by atoms with Crippen molar-refractivity contribution in [2.75, 3.05) is 6.54 Å². The van der Waals surface area contributed by atoms with Crippen molar-refractivity contribution in [1.82, 2.24) is 4.90 Å². The fraction of sp³-hybridized carbons (Fsp3) is 0.389. The number of hydrogen-bond acceptors (Lipinski definition) is 1. The zero-order chi connectivity index (χ0) is 14.4. The van der Waals surface area contributed by atoms with Crippen LogP contribution in [0.3, 0.4) is 0 Å². The van der Waals surface area contributed by atoms with Crippen molar-refractivity contribution in [2.24, 2.45) is 0 Å². The summed E-state index contributed by atoms with van der Waals surface area (Å²) in [4.78, 5) is 13.8. The molecule has 1 saturated carbocycles. The normalized spacial score (nSPS) is 15.6. The predicted molar refractivity (Wildman–Crippen MR) is 83.7 cm³/mol. The zero-order valence-corrected chi connectivity index (χ0v) is 12.1. The molecule has 1 aromatic carbocycles. The van der Waals surface area contributed by atoms with Crippen LogP contribution in [-0.4, -0.2) is 17.4 Å². The molecule has 0 radical (unpaired) electrons. The van der Waals surface area contributed by atoms with Crippen LogP contribution in [0.15, 0.2) is 49.7 Å². The molecule has 2 rings (SSSR count). The average molecular weight is 269 g/mol. The van der Waals surface area contributed by atoms with Gasteiger partial charge in [0.15, 0.2) is 0 Å². The minimum Gasteiger partial charge on any atom is -0.312 e. The van der Waals surface area contributed by atoms with Crippen molar-refractivity contribution in [1.29, 1.82) is 0 Å². The quantitative estimate of drug-likeness (QED) is 0.720. The molecule has 106 valence electrons. The van der Waals surface area contributed by atoms with Gasteiger partial charge < -0.3 is 4.90 Å². The van der Waals surface area contributed by atoms with Crippen LogP contribution in [0.1, 0.15) is 53.9 Å². The summed E-state index contributed by atoms with van der Waals surface area (Å²) in [5.41, 5.74) is 2.08. The highest BCUT2D eigenvalue weighted by molar-refractivity contribution is 5.95. The molecule has 0 spiro atoms. The van der Waals surface area contributed by atoms with E-state index in [1.807, 2.05) is 12.1 Å². The molecule has 0 aromatic heterocycles. The van der Waals surface area contributed by atoms with Crippen LogP contribution >= 0.6 is 0 Å². The van der Waals surface area contributed by atoms with Crippen LogP contribution in [0.2, 0.25) is 0 Å². The maximum atomic E-state index is 12.3. The Balaban J connectivity index is 2.08. The van der Waals surface area contributed by atoms with Gasteiger partial charge in [-0.25, -0.2) is 0 Å². The lowest BCUT2D eigenvalue weighted by molar-refractivity contribution is 0.0835. The van der Waals surface area contributed by atoms with Crippen molar-refractivity contribution < 1.29 is 4.79 Å². The van der Waals surface area contributed by atoms with E-state index >= 15 is 0 Å². The molecular formula is C18H23NO. The van der Waals surface area contributed by atoms with Gasteiger partial charge in [0.05, 0.1) is 0 Å². The molecule has 1 aromatic rings. The number of carbonyl (C=O) groups is 1. The van der Waals surface area contributed by atoms with Crippen molar-refractivity contribution in [3.8, 4) is 0 Å². The van der Waals surface area contributed by atoms with Crippen LogP contribution in [0, 0.1) is 0 Å². The standard InChI is InChI=1S/C18H23NO/c1-3-14-19(4-2)18(20)17-12-10-16(11-13-17)15-8-6-5-7-9-15/h3-4,10-13,15H,1-2,5-9,14H2. The molecule has 0 atom stereocenters. The molecular weight excluding hydrogens is 246 g/mol. The van der Waals surface area contributed by atoms with Gasteiger partial charge in [0, 0.05) is 18.3 Å². The lowest BCUT2D eigenvalue weighted by Crippen LogP contribution is -2.25. The summed E-state index contributed by atoms with van der Waals surface area (Å²) in [6, 6.07) is 8.09. The Morgan fingerprint density at radius 2 is 1.80 bits per heavy atom. The van der Waals surface area contributed by atoms with E-state index in [1.54, 1.807) is 17.2 Å². The molecule has 0 heterocycles. The second kappa shape index (κ2) is 7.09. The number of amides is 1. The summed E-state index contributed by atoms with van der Waals surface area (Å²) in [6.45, 7) is 7.83. The summed E-state index contributed by atoms with van der Waals surface area (Å²) in [7, 11) is 0. The van der Waals surface area contributed by atoms with Crippen LogP contribution in [0.5, 0.6) is 0 Å². The molecule has 0 unspecified atom stereocenters. The van der Waals surface area contributed by atoms with Gasteiger partial charge in [-0.1, -0.05) is 44.1 Å². The summed E-state index contributed by atoms with van der Waals surface area (Å²) in [5.74, 6) is 0.659. The Morgan fingerprint density at radius 3 is 2.35 bits per heavy atom. The van der Waals surface area contributed by atoms with E-state index in [4.69, 9.17) is 0 Å². The van der Waals surface area contributed by atoms with E-state index in [-0.39, 0.29) is 5.91 Å². The monoisotopic (exact) mass is 269 g/mol. The Bertz CT molecular complexity index is 469. The topological polar surface area (TPSA) is 20.3 Å². The van der Waals surface area contributed by atoms with E-state index in [0.717, 1.165) is 0 Å². The Hall–Kier alpha value is -1.83. The van der Waals surface area contributed by atoms with Gasteiger partial charge in [-0.05, 0) is 36.5 Å². The van der Waals surface area contributed by atoms with E-state index in [2.05, 4.69) is 25.3 Å². The smallest absolute Gasteiger partial charge is 0.258 e. The van der Waals surface area contributed by atoms with Crippen molar-refractivity contribution in [3.63, 3.8) is 0 Å². The highest BCUT2D eigenvalue weighted by Crippen LogP contribution is 2.32. The summed E-state index contributed by atoms with van der Waals surface area (Å²) in [6.07, 6.45) is 9.84. The number of nitrogens with zero attached hydrogens (tertiary/aromatic N) is 1. The third kappa shape index (κ3) is 3.38. The summed E-state index contributed by atoms with van der Waals surface area (Å²) < 4.78 is 0. The first kappa shape index (κ1) is 14.6. The molecule has 0 aliphatic heterocycles. The molecule has 2 heteroatoms. The van der Waals surface area contributed by atoms with Gasteiger partial charge in [-0.3, -0.25) is 4.79 Å². The number of hydrogen-bond donors (Lipinski definition) is 0. The highest BCUT2D eigenvalue weighted by Gasteiger charge is 2.16. The fourth-order valence-corrected chi connectivity index (χ4v) is 2.88. The lowest BCUT2D eigenvalue weighted by atomic mass is 9.84.